The quantitative estimate of drug-likeness (QED) is 0.636. The van der Waals surface area contributed by atoms with Crippen molar-refractivity contribution in [2.24, 2.45) is 0 Å². The van der Waals surface area contributed by atoms with Gasteiger partial charge in [-0.05, 0) is 43.5 Å². The van der Waals surface area contributed by atoms with Crippen LogP contribution in [0.15, 0.2) is 47.4 Å². The number of hydrogen-bond donors (Lipinski definition) is 0. The van der Waals surface area contributed by atoms with Gasteiger partial charge in [0.2, 0.25) is 5.78 Å². The van der Waals surface area contributed by atoms with Crippen LogP contribution < -0.4 is 9.64 Å². The number of thiophene rings is 1. The Kier molecular flexibility index (Phi) is 4.30. The summed E-state index contributed by atoms with van der Waals surface area (Å²) < 4.78 is 5.48. The number of fused-ring (bicyclic) bond motifs is 1. The fourth-order valence-corrected chi connectivity index (χ4v) is 3.05. The highest BCUT2D eigenvalue weighted by Crippen LogP contribution is 2.33. The number of carbonyl (C=O) groups excluding carboxylic acids is 2. The predicted molar refractivity (Wildman–Crippen MR) is 91.5 cm³/mol. The largest absolute Gasteiger partial charge is 0.482 e. The molecule has 1 amide bonds. The summed E-state index contributed by atoms with van der Waals surface area (Å²) in [5.74, 6) is 0.494. The van der Waals surface area contributed by atoms with Gasteiger partial charge in [0.25, 0.3) is 5.91 Å². The summed E-state index contributed by atoms with van der Waals surface area (Å²) in [5.41, 5.74) is 2.35. The molecule has 0 saturated carbocycles. The van der Waals surface area contributed by atoms with Crippen LogP contribution in [0.3, 0.4) is 0 Å². The molecular formula is C18H17NO3S. The fraction of sp³-hybridized carbons (Fsp3) is 0.222. The monoisotopic (exact) mass is 327 g/mol. The molecule has 0 spiro atoms. The van der Waals surface area contributed by atoms with Crippen LogP contribution in [0.4, 0.5) is 5.69 Å². The molecule has 1 aliphatic rings. The van der Waals surface area contributed by atoms with Gasteiger partial charge in [-0.2, -0.15) is 0 Å². The molecule has 1 aromatic heterocycles. The second kappa shape index (κ2) is 6.38. The zero-order valence-corrected chi connectivity index (χ0v) is 13.9. The standard InChI is InChI=1S/C18H17NO3S/c1-12(2)7-8-19-14-10-13(18(21)16-4-3-9-23-16)5-6-15(14)22-11-17(19)20/h3-7,9-10H,8,11H2,1-2H3. The molecule has 0 fully saturated rings. The molecule has 5 heteroatoms. The van der Waals surface area contributed by atoms with Crippen molar-refractivity contribution in [2.45, 2.75) is 13.8 Å². The lowest BCUT2D eigenvalue weighted by molar-refractivity contribution is -0.121. The minimum atomic E-state index is -0.101. The molecule has 23 heavy (non-hydrogen) atoms. The molecule has 0 unspecified atom stereocenters. The minimum Gasteiger partial charge on any atom is -0.482 e. The van der Waals surface area contributed by atoms with Gasteiger partial charge in [-0.3, -0.25) is 9.59 Å². The Morgan fingerprint density at radius 2 is 2.17 bits per heavy atom. The van der Waals surface area contributed by atoms with E-state index in [4.69, 9.17) is 4.74 Å². The lowest BCUT2D eigenvalue weighted by Gasteiger charge is -2.29. The van der Waals surface area contributed by atoms with E-state index in [0.29, 0.717) is 28.4 Å². The number of ether oxygens (including phenoxy) is 1. The second-order valence-corrected chi connectivity index (χ2v) is 6.51. The Hall–Kier alpha value is -2.40. The summed E-state index contributed by atoms with van der Waals surface area (Å²) in [7, 11) is 0. The molecule has 0 saturated heterocycles. The highest BCUT2D eigenvalue weighted by atomic mass is 32.1. The normalized spacial score (nSPS) is 13.3. The van der Waals surface area contributed by atoms with E-state index in [1.54, 1.807) is 29.2 Å². The molecule has 0 N–H and O–H groups in total. The van der Waals surface area contributed by atoms with E-state index in [1.807, 2.05) is 31.4 Å². The van der Waals surface area contributed by atoms with Gasteiger partial charge in [0.15, 0.2) is 6.61 Å². The van der Waals surface area contributed by atoms with Crippen molar-refractivity contribution in [1.29, 1.82) is 0 Å². The van der Waals surface area contributed by atoms with E-state index in [-0.39, 0.29) is 18.3 Å². The Labute approximate surface area is 139 Å². The summed E-state index contributed by atoms with van der Waals surface area (Å²) in [6.45, 7) is 4.49. The number of amides is 1. The number of hydrogen-bond acceptors (Lipinski definition) is 4. The van der Waals surface area contributed by atoms with Gasteiger partial charge in [0.05, 0.1) is 10.6 Å². The topological polar surface area (TPSA) is 46.6 Å². The summed E-state index contributed by atoms with van der Waals surface area (Å²) in [4.78, 5) is 27.0. The van der Waals surface area contributed by atoms with Crippen LogP contribution >= 0.6 is 11.3 Å². The van der Waals surface area contributed by atoms with Crippen LogP contribution in [0, 0.1) is 0 Å². The van der Waals surface area contributed by atoms with Crippen molar-refractivity contribution in [3.05, 3.63) is 57.8 Å². The summed E-state index contributed by atoms with van der Waals surface area (Å²) in [6, 6.07) is 8.90. The maximum absolute atomic E-state index is 12.5. The molecule has 1 aliphatic heterocycles. The molecule has 118 valence electrons. The van der Waals surface area contributed by atoms with Gasteiger partial charge in [-0.25, -0.2) is 0 Å². The van der Waals surface area contributed by atoms with E-state index < -0.39 is 0 Å². The van der Waals surface area contributed by atoms with Crippen molar-refractivity contribution >= 4 is 28.7 Å². The van der Waals surface area contributed by atoms with Gasteiger partial charge in [-0.15, -0.1) is 11.3 Å². The van der Waals surface area contributed by atoms with Crippen LogP contribution in [0.5, 0.6) is 5.75 Å². The first-order valence-corrected chi connectivity index (χ1v) is 8.23. The van der Waals surface area contributed by atoms with Gasteiger partial charge >= 0.3 is 0 Å². The summed E-state index contributed by atoms with van der Waals surface area (Å²) >= 11 is 1.41. The third-order valence-corrected chi connectivity index (χ3v) is 4.46. The first-order valence-electron chi connectivity index (χ1n) is 7.35. The van der Waals surface area contributed by atoms with E-state index in [2.05, 4.69) is 0 Å². The van der Waals surface area contributed by atoms with Gasteiger partial charge in [-0.1, -0.05) is 17.7 Å². The lowest BCUT2D eigenvalue weighted by atomic mass is 10.1. The molecule has 0 radical (unpaired) electrons. The summed E-state index contributed by atoms with van der Waals surface area (Å²) in [5, 5.41) is 1.87. The molecule has 4 nitrogen and oxygen atoms in total. The van der Waals surface area contributed by atoms with Crippen LogP contribution in [0.1, 0.15) is 29.1 Å². The minimum absolute atomic E-state index is 0.0296. The molecular weight excluding hydrogens is 310 g/mol. The Morgan fingerprint density at radius 1 is 1.35 bits per heavy atom. The van der Waals surface area contributed by atoms with E-state index in [0.717, 1.165) is 5.57 Å². The summed E-state index contributed by atoms with van der Waals surface area (Å²) in [6.07, 6.45) is 1.99. The van der Waals surface area contributed by atoms with Crippen LogP contribution in [-0.2, 0) is 4.79 Å². The van der Waals surface area contributed by atoms with E-state index >= 15 is 0 Å². The molecule has 0 aliphatic carbocycles. The van der Waals surface area contributed by atoms with Gasteiger partial charge < -0.3 is 9.64 Å². The third kappa shape index (κ3) is 3.19. The van der Waals surface area contributed by atoms with Crippen molar-refractivity contribution in [1.82, 2.24) is 0 Å². The second-order valence-electron chi connectivity index (χ2n) is 5.56. The maximum Gasteiger partial charge on any atom is 0.265 e. The zero-order valence-electron chi connectivity index (χ0n) is 13.0. The number of carbonyl (C=O) groups is 2. The molecule has 3 rings (SSSR count). The molecule has 2 heterocycles. The smallest absolute Gasteiger partial charge is 0.265 e. The van der Waals surface area contributed by atoms with Crippen LogP contribution in [-0.4, -0.2) is 24.8 Å². The number of ketones is 1. The lowest BCUT2D eigenvalue weighted by Crippen LogP contribution is -2.39. The highest BCUT2D eigenvalue weighted by Gasteiger charge is 2.26. The molecule has 0 atom stereocenters. The average molecular weight is 327 g/mol. The van der Waals surface area contributed by atoms with Crippen molar-refractivity contribution in [3.8, 4) is 5.75 Å². The van der Waals surface area contributed by atoms with Crippen molar-refractivity contribution < 1.29 is 14.3 Å². The van der Waals surface area contributed by atoms with Gasteiger partial charge in [0, 0.05) is 12.1 Å². The fourth-order valence-electron chi connectivity index (χ4n) is 2.37. The Balaban J connectivity index is 1.97. The molecule has 2 aromatic rings. The van der Waals surface area contributed by atoms with Crippen molar-refractivity contribution in [3.63, 3.8) is 0 Å². The Morgan fingerprint density at radius 3 is 2.87 bits per heavy atom. The number of anilines is 1. The predicted octanol–water partition coefficient (Wildman–Crippen LogP) is 3.67. The maximum atomic E-state index is 12.5. The van der Waals surface area contributed by atoms with Gasteiger partial charge in [0.1, 0.15) is 5.75 Å². The number of rotatable bonds is 4. The SMILES string of the molecule is CC(C)=CCN1C(=O)COc2ccc(C(=O)c3cccs3)cc21. The zero-order chi connectivity index (χ0) is 16.4. The molecule has 1 aromatic carbocycles. The first-order chi connectivity index (χ1) is 11.1. The highest BCUT2D eigenvalue weighted by molar-refractivity contribution is 7.12. The van der Waals surface area contributed by atoms with Crippen LogP contribution in [0.25, 0.3) is 0 Å². The van der Waals surface area contributed by atoms with E-state index in [9.17, 15) is 9.59 Å². The van der Waals surface area contributed by atoms with E-state index in [1.165, 1.54) is 11.3 Å². The molecule has 0 bridgehead atoms. The van der Waals surface area contributed by atoms with Crippen molar-refractivity contribution in [2.75, 3.05) is 18.1 Å². The third-order valence-electron chi connectivity index (χ3n) is 3.59. The van der Waals surface area contributed by atoms with Crippen LogP contribution in [0.2, 0.25) is 0 Å². The average Bonchev–Trinajstić information content (AvgIpc) is 3.07. The Bertz CT molecular complexity index is 774. The number of nitrogens with zero attached hydrogens (tertiary/aromatic N) is 1. The first kappa shape index (κ1) is 15.5. The number of allylic oxidation sites excluding steroid dienone is 1. The number of benzene rings is 1.